The van der Waals surface area contributed by atoms with Crippen LogP contribution in [0.5, 0.6) is 0 Å². The zero-order chi connectivity index (χ0) is 17.1. The number of rotatable bonds is 6. The first kappa shape index (κ1) is 16.2. The molecule has 1 atom stereocenters. The van der Waals surface area contributed by atoms with E-state index in [1.807, 2.05) is 6.92 Å². The highest BCUT2D eigenvalue weighted by atomic mass is 19.1. The average Bonchev–Trinajstić information content (AvgIpc) is 3.19. The molecule has 0 aliphatic rings. The van der Waals surface area contributed by atoms with Crippen molar-refractivity contribution in [3.63, 3.8) is 0 Å². The molecule has 1 unspecified atom stereocenters. The molecule has 0 aromatic carbocycles. The van der Waals surface area contributed by atoms with Crippen LogP contribution in [0.15, 0.2) is 41.1 Å². The predicted molar refractivity (Wildman–Crippen MR) is 85.2 cm³/mol. The van der Waals surface area contributed by atoms with Crippen LogP contribution in [-0.4, -0.2) is 33.6 Å². The first-order valence-corrected chi connectivity index (χ1v) is 7.64. The highest BCUT2D eigenvalue weighted by Gasteiger charge is 2.20. The van der Waals surface area contributed by atoms with E-state index >= 15 is 0 Å². The topological polar surface area (TPSA) is 79.8 Å². The van der Waals surface area contributed by atoms with Crippen LogP contribution in [0.4, 0.5) is 4.39 Å². The van der Waals surface area contributed by atoms with E-state index in [0.717, 1.165) is 11.3 Å². The van der Waals surface area contributed by atoms with Crippen molar-refractivity contribution in [1.82, 2.24) is 14.7 Å². The van der Waals surface area contributed by atoms with E-state index in [2.05, 4.69) is 10.3 Å². The number of amides is 1. The summed E-state index contributed by atoms with van der Waals surface area (Å²) in [4.78, 5) is 16.2. The van der Waals surface area contributed by atoms with E-state index in [1.165, 1.54) is 4.40 Å². The maximum absolute atomic E-state index is 14.3. The molecule has 0 aliphatic carbocycles. The molecule has 3 aromatic heterocycles. The summed E-state index contributed by atoms with van der Waals surface area (Å²) in [6, 6.07) is 7.02. The van der Waals surface area contributed by atoms with Gasteiger partial charge in [-0.3, -0.25) is 9.20 Å². The van der Waals surface area contributed by atoms with Crippen LogP contribution in [0.25, 0.3) is 5.65 Å². The molecule has 6 nitrogen and oxygen atoms in total. The Kier molecular flexibility index (Phi) is 4.61. The summed E-state index contributed by atoms with van der Waals surface area (Å²) in [6.07, 6.45) is 3.62. The summed E-state index contributed by atoms with van der Waals surface area (Å²) in [5.41, 5.74) is 0.984. The molecule has 0 bridgehead atoms. The van der Waals surface area contributed by atoms with Crippen LogP contribution in [0.1, 0.15) is 21.8 Å². The van der Waals surface area contributed by atoms with Gasteiger partial charge in [0.1, 0.15) is 11.4 Å². The lowest BCUT2D eigenvalue weighted by atomic mass is 10.1. The Labute approximate surface area is 137 Å². The summed E-state index contributed by atoms with van der Waals surface area (Å²) < 4.78 is 20.8. The molecule has 0 saturated carbocycles. The quantitative estimate of drug-likeness (QED) is 0.723. The predicted octanol–water partition coefficient (Wildman–Crippen LogP) is 1.96. The van der Waals surface area contributed by atoms with Gasteiger partial charge in [0, 0.05) is 31.7 Å². The number of fused-ring (bicyclic) bond motifs is 1. The van der Waals surface area contributed by atoms with Gasteiger partial charge in [-0.2, -0.15) is 4.39 Å². The van der Waals surface area contributed by atoms with Crippen LogP contribution in [0.2, 0.25) is 0 Å². The molecule has 126 valence electrons. The molecule has 0 fully saturated rings. The fourth-order valence-electron chi connectivity index (χ4n) is 2.50. The van der Waals surface area contributed by atoms with E-state index in [9.17, 15) is 14.3 Å². The van der Waals surface area contributed by atoms with E-state index in [-0.39, 0.29) is 24.8 Å². The Morgan fingerprint density at radius 3 is 3.00 bits per heavy atom. The first-order chi connectivity index (χ1) is 11.6. The van der Waals surface area contributed by atoms with Gasteiger partial charge in [-0.25, -0.2) is 4.98 Å². The van der Waals surface area contributed by atoms with Gasteiger partial charge in [0.15, 0.2) is 5.69 Å². The minimum absolute atomic E-state index is 0.117. The van der Waals surface area contributed by atoms with Gasteiger partial charge in [0.05, 0.1) is 6.26 Å². The number of hydrogen-bond donors (Lipinski definition) is 2. The SMILES string of the molecule is Cc1ccc2nc(C(=O)NCC(CO)Cc3ccco3)c(F)n2c1. The number of aryl methyl sites for hydroxylation is 1. The smallest absolute Gasteiger partial charge is 0.274 e. The van der Waals surface area contributed by atoms with E-state index < -0.39 is 11.9 Å². The zero-order valence-corrected chi connectivity index (χ0v) is 13.2. The fraction of sp³-hybridized carbons (Fsp3) is 0.294. The third-order valence-corrected chi connectivity index (χ3v) is 3.80. The van der Waals surface area contributed by atoms with Crippen molar-refractivity contribution in [2.75, 3.05) is 13.2 Å². The number of pyridine rings is 1. The number of aliphatic hydroxyl groups excluding tert-OH is 1. The van der Waals surface area contributed by atoms with Gasteiger partial charge < -0.3 is 14.8 Å². The van der Waals surface area contributed by atoms with Gasteiger partial charge in [-0.1, -0.05) is 6.07 Å². The van der Waals surface area contributed by atoms with Crippen LogP contribution >= 0.6 is 0 Å². The Morgan fingerprint density at radius 1 is 1.46 bits per heavy atom. The summed E-state index contributed by atoms with van der Waals surface area (Å²) in [5, 5.41) is 12.0. The lowest BCUT2D eigenvalue weighted by Gasteiger charge is -2.13. The number of carbonyl (C=O) groups excluding carboxylic acids is 1. The summed E-state index contributed by atoms with van der Waals surface area (Å²) in [6.45, 7) is 1.91. The van der Waals surface area contributed by atoms with E-state index in [1.54, 1.807) is 36.7 Å². The molecular formula is C17H18FN3O3. The Hall–Kier alpha value is -2.67. The van der Waals surface area contributed by atoms with Crippen molar-refractivity contribution < 1.29 is 18.7 Å². The number of nitrogens with one attached hydrogen (secondary N) is 1. The molecule has 0 aliphatic heterocycles. The monoisotopic (exact) mass is 331 g/mol. The number of imidazole rings is 1. The average molecular weight is 331 g/mol. The third-order valence-electron chi connectivity index (χ3n) is 3.80. The number of aromatic nitrogens is 2. The largest absolute Gasteiger partial charge is 0.469 e. The second-order valence-electron chi connectivity index (χ2n) is 5.73. The van der Waals surface area contributed by atoms with E-state index in [0.29, 0.717) is 12.1 Å². The summed E-state index contributed by atoms with van der Waals surface area (Å²) >= 11 is 0. The van der Waals surface area contributed by atoms with Gasteiger partial charge in [-0.05, 0) is 30.7 Å². The number of aliphatic hydroxyl groups is 1. The van der Waals surface area contributed by atoms with Gasteiger partial charge in [0.25, 0.3) is 5.91 Å². The zero-order valence-electron chi connectivity index (χ0n) is 13.2. The van der Waals surface area contributed by atoms with Crippen molar-refractivity contribution in [2.45, 2.75) is 13.3 Å². The number of carbonyl (C=O) groups is 1. The van der Waals surface area contributed by atoms with Crippen molar-refractivity contribution in [1.29, 1.82) is 0 Å². The maximum Gasteiger partial charge on any atom is 0.274 e. The molecule has 3 aromatic rings. The normalized spacial score (nSPS) is 12.5. The maximum atomic E-state index is 14.3. The van der Waals surface area contributed by atoms with Crippen molar-refractivity contribution in [2.24, 2.45) is 5.92 Å². The van der Waals surface area contributed by atoms with Crippen LogP contribution in [0.3, 0.4) is 0 Å². The molecule has 1 amide bonds. The van der Waals surface area contributed by atoms with Crippen LogP contribution < -0.4 is 5.32 Å². The van der Waals surface area contributed by atoms with Crippen molar-refractivity contribution >= 4 is 11.6 Å². The minimum atomic E-state index is -0.696. The molecule has 3 heterocycles. The molecular weight excluding hydrogens is 313 g/mol. The number of furan rings is 1. The first-order valence-electron chi connectivity index (χ1n) is 7.64. The highest BCUT2D eigenvalue weighted by Crippen LogP contribution is 2.13. The summed E-state index contributed by atoms with van der Waals surface area (Å²) in [7, 11) is 0. The molecule has 24 heavy (non-hydrogen) atoms. The highest BCUT2D eigenvalue weighted by molar-refractivity contribution is 5.93. The molecule has 0 spiro atoms. The van der Waals surface area contributed by atoms with Crippen molar-refractivity contribution in [3.8, 4) is 0 Å². The van der Waals surface area contributed by atoms with E-state index in [4.69, 9.17) is 4.42 Å². The van der Waals surface area contributed by atoms with Gasteiger partial charge in [0.2, 0.25) is 5.95 Å². The third kappa shape index (κ3) is 3.30. The Balaban J connectivity index is 1.69. The Bertz CT molecular complexity index is 842. The second kappa shape index (κ2) is 6.84. The number of nitrogens with zero attached hydrogens (tertiary/aromatic N) is 2. The molecule has 7 heteroatoms. The minimum Gasteiger partial charge on any atom is -0.469 e. The second-order valence-corrected chi connectivity index (χ2v) is 5.73. The molecule has 2 N–H and O–H groups in total. The lowest BCUT2D eigenvalue weighted by Crippen LogP contribution is -2.32. The van der Waals surface area contributed by atoms with Crippen LogP contribution in [0, 0.1) is 18.8 Å². The number of hydrogen-bond acceptors (Lipinski definition) is 4. The van der Waals surface area contributed by atoms with Crippen molar-refractivity contribution in [3.05, 3.63) is 59.7 Å². The van der Waals surface area contributed by atoms with Gasteiger partial charge in [-0.15, -0.1) is 0 Å². The molecule has 3 rings (SSSR count). The molecule has 0 saturated heterocycles. The lowest BCUT2D eigenvalue weighted by molar-refractivity contribution is 0.0930. The summed E-state index contributed by atoms with van der Waals surface area (Å²) in [5.74, 6) is -0.801. The fourth-order valence-corrected chi connectivity index (χ4v) is 2.50. The Morgan fingerprint density at radius 2 is 2.29 bits per heavy atom. The van der Waals surface area contributed by atoms with Crippen LogP contribution in [-0.2, 0) is 6.42 Å². The number of halogens is 1. The molecule has 0 radical (unpaired) electrons. The van der Waals surface area contributed by atoms with Gasteiger partial charge >= 0.3 is 0 Å². The standard InChI is InChI=1S/C17H18FN3O3/c1-11-4-5-14-20-15(16(18)21(14)9-11)17(23)19-8-12(10-22)7-13-3-2-6-24-13/h2-6,9,12,22H,7-8,10H2,1H3,(H,19,23).